The summed E-state index contributed by atoms with van der Waals surface area (Å²) in [5, 5.41) is 3.17. The summed E-state index contributed by atoms with van der Waals surface area (Å²) in [7, 11) is -3.88. The Balaban J connectivity index is 1.99. The molecular formula is C19H22ClFN2O4S. The third kappa shape index (κ3) is 5.59. The predicted octanol–water partition coefficient (Wildman–Crippen LogP) is 3.14. The van der Waals surface area contributed by atoms with Crippen LogP contribution in [-0.4, -0.2) is 39.8 Å². The van der Waals surface area contributed by atoms with Crippen LogP contribution < -0.4 is 14.4 Å². The normalized spacial score (nSPS) is 12.3. The average Bonchev–Trinajstić information content (AvgIpc) is 2.62. The van der Waals surface area contributed by atoms with Crippen molar-refractivity contribution in [3.63, 3.8) is 0 Å². The van der Waals surface area contributed by atoms with E-state index in [2.05, 4.69) is 5.32 Å². The van der Waals surface area contributed by atoms with Crippen molar-refractivity contribution in [2.45, 2.75) is 19.9 Å². The molecule has 0 fully saturated rings. The molecule has 0 aromatic heterocycles. The Morgan fingerprint density at radius 2 is 1.96 bits per heavy atom. The van der Waals surface area contributed by atoms with E-state index in [4.69, 9.17) is 16.3 Å². The number of halogens is 2. The van der Waals surface area contributed by atoms with Crippen molar-refractivity contribution in [3.8, 4) is 5.75 Å². The fraction of sp³-hybridized carbons (Fsp3) is 0.316. The summed E-state index contributed by atoms with van der Waals surface area (Å²) in [5.74, 6) is -0.742. The Morgan fingerprint density at radius 3 is 2.57 bits per heavy atom. The number of nitrogens with zero attached hydrogens (tertiary/aromatic N) is 1. The Kier molecular flexibility index (Phi) is 7.26. The van der Waals surface area contributed by atoms with Crippen LogP contribution >= 0.6 is 11.6 Å². The molecular weight excluding hydrogens is 407 g/mol. The fourth-order valence-corrected chi connectivity index (χ4v) is 3.91. The summed E-state index contributed by atoms with van der Waals surface area (Å²) in [6.07, 6.45) is 0.924. The number of hydrogen-bond donors (Lipinski definition) is 1. The van der Waals surface area contributed by atoms with E-state index in [9.17, 15) is 17.6 Å². The zero-order valence-electron chi connectivity index (χ0n) is 15.8. The minimum absolute atomic E-state index is 0.142. The highest BCUT2D eigenvalue weighted by molar-refractivity contribution is 7.92. The molecule has 1 N–H and O–H groups in total. The van der Waals surface area contributed by atoms with Crippen LogP contribution in [-0.2, 0) is 14.8 Å². The van der Waals surface area contributed by atoms with E-state index in [0.717, 1.165) is 22.2 Å². The summed E-state index contributed by atoms with van der Waals surface area (Å²) in [6.45, 7) is 3.57. The molecule has 0 bridgehead atoms. The van der Waals surface area contributed by atoms with Gasteiger partial charge in [0.1, 0.15) is 24.2 Å². The summed E-state index contributed by atoms with van der Waals surface area (Å²) in [6, 6.07) is 9.50. The number of rotatable bonds is 8. The number of aryl methyl sites for hydroxylation is 1. The standard InChI is InChI=1S/C19H22ClFN2O4S/c1-13-8-9-15(12-16(13)20)27-11-10-22-19(24)14(2)23(28(3,25)26)18-7-5-4-6-17(18)21/h4-9,12,14H,10-11H2,1-3H3,(H,22,24)/t14-/m0/s1. The van der Waals surface area contributed by atoms with Crippen LogP contribution in [0.1, 0.15) is 12.5 Å². The number of amides is 1. The number of para-hydroxylation sites is 1. The quantitative estimate of drug-likeness (QED) is 0.655. The second-order valence-electron chi connectivity index (χ2n) is 6.24. The zero-order valence-corrected chi connectivity index (χ0v) is 17.3. The maximum atomic E-state index is 14.1. The first-order valence-corrected chi connectivity index (χ1v) is 10.7. The molecule has 6 nitrogen and oxygen atoms in total. The van der Waals surface area contributed by atoms with Crippen molar-refractivity contribution in [2.75, 3.05) is 23.7 Å². The van der Waals surface area contributed by atoms with E-state index in [1.165, 1.54) is 25.1 Å². The SMILES string of the molecule is Cc1ccc(OCCNC(=O)[C@H](C)N(c2ccccc2F)S(C)(=O)=O)cc1Cl. The summed E-state index contributed by atoms with van der Waals surface area (Å²) in [4.78, 5) is 12.4. The van der Waals surface area contributed by atoms with E-state index in [-0.39, 0.29) is 18.8 Å². The molecule has 0 aliphatic heterocycles. The number of nitrogens with one attached hydrogen (secondary N) is 1. The molecule has 0 radical (unpaired) electrons. The summed E-state index contributed by atoms with van der Waals surface area (Å²) < 4.78 is 44.6. The molecule has 0 saturated carbocycles. The smallest absolute Gasteiger partial charge is 0.243 e. The molecule has 1 amide bonds. The highest BCUT2D eigenvalue weighted by Crippen LogP contribution is 2.24. The second kappa shape index (κ2) is 9.25. The first-order chi connectivity index (χ1) is 13.1. The lowest BCUT2D eigenvalue weighted by molar-refractivity contribution is -0.121. The van der Waals surface area contributed by atoms with E-state index >= 15 is 0 Å². The molecule has 2 rings (SSSR count). The number of carbonyl (C=O) groups is 1. The van der Waals surface area contributed by atoms with E-state index in [1.54, 1.807) is 12.1 Å². The minimum atomic E-state index is -3.88. The third-order valence-electron chi connectivity index (χ3n) is 3.99. The van der Waals surface area contributed by atoms with Gasteiger partial charge >= 0.3 is 0 Å². The maximum Gasteiger partial charge on any atom is 0.243 e. The van der Waals surface area contributed by atoms with Crippen LogP contribution in [0.15, 0.2) is 42.5 Å². The minimum Gasteiger partial charge on any atom is -0.492 e. The van der Waals surface area contributed by atoms with Gasteiger partial charge in [-0.1, -0.05) is 29.8 Å². The van der Waals surface area contributed by atoms with Gasteiger partial charge in [0.05, 0.1) is 18.5 Å². The van der Waals surface area contributed by atoms with E-state index in [1.807, 2.05) is 13.0 Å². The molecule has 0 spiro atoms. The first kappa shape index (κ1) is 22.0. The lowest BCUT2D eigenvalue weighted by Gasteiger charge is -2.28. The van der Waals surface area contributed by atoms with Gasteiger partial charge in [0.25, 0.3) is 0 Å². The fourth-order valence-electron chi connectivity index (χ4n) is 2.57. The highest BCUT2D eigenvalue weighted by Gasteiger charge is 2.30. The van der Waals surface area contributed by atoms with Gasteiger partial charge in [-0.05, 0) is 43.7 Å². The van der Waals surface area contributed by atoms with Gasteiger partial charge in [0, 0.05) is 5.02 Å². The highest BCUT2D eigenvalue weighted by atomic mass is 35.5. The van der Waals surface area contributed by atoms with Crippen LogP contribution in [0.2, 0.25) is 5.02 Å². The van der Waals surface area contributed by atoms with Gasteiger partial charge in [-0.2, -0.15) is 0 Å². The van der Waals surface area contributed by atoms with Crippen LogP contribution in [0.4, 0.5) is 10.1 Å². The molecule has 2 aromatic rings. The largest absolute Gasteiger partial charge is 0.492 e. The van der Waals surface area contributed by atoms with Gasteiger partial charge < -0.3 is 10.1 Å². The van der Waals surface area contributed by atoms with Crippen molar-refractivity contribution in [1.82, 2.24) is 5.32 Å². The van der Waals surface area contributed by atoms with Gasteiger partial charge in [-0.15, -0.1) is 0 Å². The van der Waals surface area contributed by atoms with E-state index < -0.39 is 27.8 Å². The van der Waals surface area contributed by atoms with Crippen molar-refractivity contribution < 1.29 is 22.3 Å². The molecule has 28 heavy (non-hydrogen) atoms. The molecule has 0 aliphatic rings. The molecule has 152 valence electrons. The molecule has 0 unspecified atom stereocenters. The number of benzene rings is 2. The maximum absolute atomic E-state index is 14.1. The number of ether oxygens (including phenoxy) is 1. The first-order valence-electron chi connectivity index (χ1n) is 8.52. The second-order valence-corrected chi connectivity index (χ2v) is 8.50. The topological polar surface area (TPSA) is 75.7 Å². The zero-order chi connectivity index (χ0) is 20.9. The number of sulfonamides is 1. The van der Waals surface area contributed by atoms with Crippen molar-refractivity contribution in [1.29, 1.82) is 0 Å². The van der Waals surface area contributed by atoms with Crippen LogP contribution in [0.3, 0.4) is 0 Å². The average molecular weight is 429 g/mol. The Hall–Kier alpha value is -2.32. The monoisotopic (exact) mass is 428 g/mol. The van der Waals surface area contributed by atoms with Crippen molar-refractivity contribution in [3.05, 3.63) is 58.9 Å². The summed E-state index contributed by atoms with van der Waals surface area (Å²) in [5.41, 5.74) is 0.739. The lowest BCUT2D eigenvalue weighted by Crippen LogP contribution is -2.48. The molecule has 2 aromatic carbocycles. The molecule has 0 aliphatic carbocycles. The Labute approximate surface area is 169 Å². The molecule has 0 heterocycles. The van der Waals surface area contributed by atoms with E-state index in [0.29, 0.717) is 10.8 Å². The van der Waals surface area contributed by atoms with Crippen LogP contribution in [0.5, 0.6) is 5.75 Å². The lowest BCUT2D eigenvalue weighted by atomic mass is 10.2. The summed E-state index contributed by atoms with van der Waals surface area (Å²) >= 11 is 6.02. The van der Waals surface area contributed by atoms with Crippen LogP contribution in [0, 0.1) is 12.7 Å². The van der Waals surface area contributed by atoms with Gasteiger partial charge in [-0.25, -0.2) is 12.8 Å². The Morgan fingerprint density at radius 1 is 1.29 bits per heavy atom. The Bertz CT molecular complexity index is 953. The number of anilines is 1. The van der Waals surface area contributed by atoms with Gasteiger partial charge in [0.15, 0.2) is 0 Å². The number of hydrogen-bond acceptors (Lipinski definition) is 4. The van der Waals surface area contributed by atoms with Crippen LogP contribution in [0.25, 0.3) is 0 Å². The van der Waals surface area contributed by atoms with Gasteiger partial charge in [-0.3, -0.25) is 9.10 Å². The molecule has 9 heteroatoms. The van der Waals surface area contributed by atoms with Crippen molar-refractivity contribution >= 4 is 33.2 Å². The number of carbonyl (C=O) groups excluding carboxylic acids is 1. The molecule has 0 saturated heterocycles. The predicted molar refractivity (Wildman–Crippen MR) is 108 cm³/mol. The van der Waals surface area contributed by atoms with Gasteiger partial charge in [0.2, 0.25) is 15.9 Å². The third-order valence-corrected chi connectivity index (χ3v) is 5.63. The van der Waals surface area contributed by atoms with Crippen molar-refractivity contribution in [2.24, 2.45) is 0 Å². The molecule has 1 atom stereocenters.